The van der Waals surface area contributed by atoms with E-state index in [1.165, 1.54) is 19.3 Å². The summed E-state index contributed by atoms with van der Waals surface area (Å²) in [5, 5.41) is 3.46. The van der Waals surface area contributed by atoms with Gasteiger partial charge in [0.05, 0.1) is 11.9 Å². The van der Waals surface area contributed by atoms with Gasteiger partial charge < -0.3 is 5.32 Å². The minimum atomic E-state index is 0.654. The third-order valence-electron chi connectivity index (χ3n) is 2.99. The van der Waals surface area contributed by atoms with Crippen molar-refractivity contribution < 1.29 is 0 Å². The van der Waals surface area contributed by atoms with Gasteiger partial charge in [-0.1, -0.05) is 0 Å². The lowest BCUT2D eigenvalue weighted by Gasteiger charge is -2.27. The van der Waals surface area contributed by atoms with Crippen molar-refractivity contribution >= 4 is 5.69 Å². The first-order valence-electron chi connectivity index (χ1n) is 5.63. The number of pyridine rings is 1. The van der Waals surface area contributed by atoms with Gasteiger partial charge in [0, 0.05) is 18.4 Å². The van der Waals surface area contributed by atoms with Crippen LogP contribution in [0.25, 0.3) is 5.82 Å². The number of aromatic nitrogens is 3. The Morgan fingerprint density at radius 3 is 2.81 bits per heavy atom. The van der Waals surface area contributed by atoms with Crippen LogP contribution in [0.2, 0.25) is 0 Å². The van der Waals surface area contributed by atoms with Gasteiger partial charge in [-0.25, -0.2) is 9.97 Å². The van der Waals surface area contributed by atoms with E-state index in [2.05, 4.69) is 21.4 Å². The summed E-state index contributed by atoms with van der Waals surface area (Å²) in [6.45, 7) is 0. The average molecular weight is 214 g/mol. The van der Waals surface area contributed by atoms with Crippen molar-refractivity contribution in [3.63, 3.8) is 0 Å². The normalized spacial score (nSPS) is 15.8. The Bertz CT molecular complexity index is 442. The largest absolute Gasteiger partial charge is 0.381 e. The van der Waals surface area contributed by atoms with E-state index in [9.17, 15) is 0 Å². The van der Waals surface area contributed by atoms with E-state index in [-0.39, 0.29) is 0 Å². The van der Waals surface area contributed by atoms with Crippen molar-refractivity contribution in [1.29, 1.82) is 0 Å². The SMILES string of the molecule is c1cn(-c2ccc(NC3CCC3)cn2)cn1. The Morgan fingerprint density at radius 1 is 1.31 bits per heavy atom. The molecule has 0 bridgehead atoms. The van der Waals surface area contributed by atoms with Crippen LogP contribution in [0, 0.1) is 0 Å². The summed E-state index contributed by atoms with van der Waals surface area (Å²) in [4.78, 5) is 8.39. The maximum absolute atomic E-state index is 4.39. The molecule has 16 heavy (non-hydrogen) atoms. The molecule has 0 spiro atoms. The minimum absolute atomic E-state index is 0.654. The zero-order valence-electron chi connectivity index (χ0n) is 9.00. The van der Waals surface area contributed by atoms with Crippen molar-refractivity contribution in [2.45, 2.75) is 25.3 Å². The molecule has 1 aliphatic rings. The zero-order chi connectivity index (χ0) is 10.8. The van der Waals surface area contributed by atoms with Crippen LogP contribution >= 0.6 is 0 Å². The van der Waals surface area contributed by atoms with Crippen LogP contribution in [-0.4, -0.2) is 20.6 Å². The average Bonchev–Trinajstić information content (AvgIpc) is 2.78. The van der Waals surface area contributed by atoms with E-state index in [1.807, 2.05) is 23.0 Å². The molecule has 1 N–H and O–H groups in total. The molecule has 2 aromatic heterocycles. The summed E-state index contributed by atoms with van der Waals surface area (Å²) in [6, 6.07) is 4.73. The monoisotopic (exact) mass is 214 g/mol. The fourth-order valence-electron chi connectivity index (χ4n) is 1.81. The first-order chi connectivity index (χ1) is 7.92. The minimum Gasteiger partial charge on any atom is -0.381 e. The molecular formula is C12H14N4. The van der Waals surface area contributed by atoms with Crippen molar-refractivity contribution in [2.24, 2.45) is 0 Å². The highest BCUT2D eigenvalue weighted by Gasteiger charge is 2.16. The second-order valence-electron chi connectivity index (χ2n) is 4.15. The van der Waals surface area contributed by atoms with Gasteiger partial charge in [-0.3, -0.25) is 4.57 Å². The lowest BCUT2D eigenvalue weighted by Crippen LogP contribution is -2.26. The standard InChI is InChI=1S/C12H14N4/c1-2-10(3-1)15-11-4-5-12(14-8-11)16-7-6-13-9-16/h4-10,15H,1-3H2. The Balaban J connectivity index is 1.74. The highest BCUT2D eigenvalue weighted by atomic mass is 15.1. The molecule has 1 fully saturated rings. The number of rotatable bonds is 3. The molecule has 0 saturated heterocycles. The van der Waals surface area contributed by atoms with Crippen molar-refractivity contribution in [3.05, 3.63) is 37.1 Å². The maximum Gasteiger partial charge on any atom is 0.137 e. The molecule has 0 unspecified atom stereocenters. The highest BCUT2D eigenvalue weighted by molar-refractivity contribution is 5.44. The molecule has 2 aromatic rings. The van der Waals surface area contributed by atoms with Crippen molar-refractivity contribution in [3.8, 4) is 5.82 Å². The van der Waals surface area contributed by atoms with Gasteiger partial charge in [0.15, 0.2) is 0 Å². The summed E-state index contributed by atoms with van der Waals surface area (Å²) in [7, 11) is 0. The van der Waals surface area contributed by atoms with Crippen LogP contribution in [0.1, 0.15) is 19.3 Å². The van der Waals surface area contributed by atoms with Crippen molar-refractivity contribution in [2.75, 3.05) is 5.32 Å². The van der Waals surface area contributed by atoms with Gasteiger partial charge in [0.1, 0.15) is 12.1 Å². The van der Waals surface area contributed by atoms with E-state index < -0.39 is 0 Å². The Hall–Kier alpha value is -1.84. The second kappa shape index (κ2) is 3.96. The van der Waals surface area contributed by atoms with Gasteiger partial charge in [0.25, 0.3) is 0 Å². The molecule has 3 rings (SSSR count). The number of nitrogens with zero attached hydrogens (tertiary/aromatic N) is 3. The van der Waals surface area contributed by atoms with Gasteiger partial charge in [-0.15, -0.1) is 0 Å². The molecule has 0 amide bonds. The molecule has 1 aliphatic carbocycles. The summed E-state index contributed by atoms with van der Waals surface area (Å²) in [5.74, 6) is 0.900. The topological polar surface area (TPSA) is 42.7 Å². The maximum atomic E-state index is 4.39. The smallest absolute Gasteiger partial charge is 0.137 e. The lowest BCUT2D eigenvalue weighted by molar-refractivity contribution is 0.445. The van der Waals surface area contributed by atoms with Gasteiger partial charge in [-0.2, -0.15) is 0 Å². The van der Waals surface area contributed by atoms with E-state index >= 15 is 0 Å². The molecule has 82 valence electrons. The lowest BCUT2D eigenvalue weighted by atomic mass is 9.93. The number of nitrogens with one attached hydrogen (secondary N) is 1. The molecule has 0 atom stereocenters. The molecule has 0 aromatic carbocycles. The predicted molar refractivity (Wildman–Crippen MR) is 62.6 cm³/mol. The van der Waals surface area contributed by atoms with Gasteiger partial charge in [-0.05, 0) is 31.4 Å². The zero-order valence-corrected chi connectivity index (χ0v) is 9.00. The number of imidazole rings is 1. The third kappa shape index (κ3) is 1.78. The van der Waals surface area contributed by atoms with E-state index in [1.54, 1.807) is 12.5 Å². The molecule has 4 heteroatoms. The Labute approximate surface area is 94.4 Å². The second-order valence-corrected chi connectivity index (χ2v) is 4.15. The molecular weight excluding hydrogens is 200 g/mol. The van der Waals surface area contributed by atoms with Crippen LogP contribution in [0.5, 0.6) is 0 Å². The molecule has 1 saturated carbocycles. The highest BCUT2D eigenvalue weighted by Crippen LogP contribution is 2.22. The molecule has 4 nitrogen and oxygen atoms in total. The van der Waals surface area contributed by atoms with Gasteiger partial charge in [0.2, 0.25) is 0 Å². The Kier molecular flexibility index (Phi) is 2.33. The summed E-state index contributed by atoms with van der Waals surface area (Å²) in [5.41, 5.74) is 1.11. The van der Waals surface area contributed by atoms with Crippen LogP contribution in [-0.2, 0) is 0 Å². The molecule has 2 heterocycles. The van der Waals surface area contributed by atoms with E-state index in [4.69, 9.17) is 0 Å². The van der Waals surface area contributed by atoms with Crippen LogP contribution in [0.15, 0.2) is 37.1 Å². The van der Waals surface area contributed by atoms with Crippen molar-refractivity contribution in [1.82, 2.24) is 14.5 Å². The molecule has 0 radical (unpaired) electrons. The summed E-state index contributed by atoms with van der Waals surface area (Å²) >= 11 is 0. The predicted octanol–water partition coefficient (Wildman–Crippen LogP) is 2.23. The molecule has 0 aliphatic heterocycles. The number of anilines is 1. The van der Waals surface area contributed by atoms with Gasteiger partial charge >= 0.3 is 0 Å². The van der Waals surface area contributed by atoms with E-state index in [0.29, 0.717) is 6.04 Å². The Morgan fingerprint density at radius 2 is 2.25 bits per heavy atom. The van der Waals surface area contributed by atoms with Crippen LogP contribution in [0.3, 0.4) is 0 Å². The number of hydrogen-bond donors (Lipinski definition) is 1. The first kappa shape index (κ1) is 9.39. The number of hydrogen-bond acceptors (Lipinski definition) is 3. The van der Waals surface area contributed by atoms with E-state index in [0.717, 1.165) is 11.5 Å². The fraction of sp³-hybridized carbons (Fsp3) is 0.333. The third-order valence-corrected chi connectivity index (χ3v) is 2.99. The quantitative estimate of drug-likeness (QED) is 0.852. The first-order valence-corrected chi connectivity index (χ1v) is 5.63. The summed E-state index contributed by atoms with van der Waals surface area (Å²) < 4.78 is 1.90. The van der Waals surface area contributed by atoms with Crippen LogP contribution < -0.4 is 5.32 Å². The fourth-order valence-corrected chi connectivity index (χ4v) is 1.81. The summed E-state index contributed by atoms with van der Waals surface area (Å²) in [6.07, 6.45) is 11.2. The van der Waals surface area contributed by atoms with Crippen LogP contribution in [0.4, 0.5) is 5.69 Å².